The van der Waals surface area contributed by atoms with Gasteiger partial charge in [0.05, 0.1) is 15.9 Å². The Morgan fingerprint density at radius 1 is 0.450 bits per heavy atom. The van der Waals surface area contributed by atoms with Gasteiger partial charge in [-0.15, -0.1) is 22.7 Å². The molecule has 0 spiro atoms. The van der Waals surface area contributed by atoms with Gasteiger partial charge < -0.3 is 0 Å². The third-order valence-corrected chi connectivity index (χ3v) is 9.32. The average Bonchev–Trinajstić information content (AvgIpc) is 3.63. The molecule has 40 heavy (non-hydrogen) atoms. The van der Waals surface area contributed by atoms with E-state index in [2.05, 4.69) is 115 Å². The van der Waals surface area contributed by atoms with Gasteiger partial charge in [0.1, 0.15) is 9.84 Å². The molecule has 5 heteroatoms. The Hall–Kier alpha value is -4.71. The first-order valence-corrected chi connectivity index (χ1v) is 14.7. The van der Waals surface area contributed by atoms with Crippen molar-refractivity contribution < 1.29 is 0 Å². The number of rotatable bonds is 4. The molecule has 0 radical (unpaired) electrons. The summed E-state index contributed by atoms with van der Waals surface area (Å²) in [6.07, 6.45) is 0. The zero-order valence-corrected chi connectivity index (χ0v) is 22.9. The molecule has 8 aromatic rings. The van der Waals surface area contributed by atoms with Gasteiger partial charge in [0, 0.05) is 32.2 Å². The molecule has 0 N–H and O–H groups in total. The summed E-state index contributed by atoms with van der Waals surface area (Å²) < 4.78 is 2.41. The molecule has 0 amide bonds. The van der Waals surface area contributed by atoms with Crippen molar-refractivity contribution in [3.05, 3.63) is 127 Å². The van der Waals surface area contributed by atoms with Crippen molar-refractivity contribution in [2.45, 2.75) is 0 Å². The molecule has 0 aliphatic carbocycles. The van der Waals surface area contributed by atoms with Gasteiger partial charge >= 0.3 is 0 Å². The van der Waals surface area contributed by atoms with Crippen LogP contribution in [0.25, 0.3) is 74.9 Å². The fourth-order valence-corrected chi connectivity index (χ4v) is 7.24. The van der Waals surface area contributed by atoms with Crippen LogP contribution in [0, 0.1) is 0 Å². The fraction of sp³-hybridized carbons (Fsp3) is 0. The molecule has 0 saturated carbocycles. The van der Waals surface area contributed by atoms with Crippen molar-refractivity contribution in [3.8, 4) is 44.3 Å². The number of thiophene rings is 1. The largest absolute Gasteiger partial charge is 0.236 e. The number of thiazole rings is 1. The topological polar surface area (TPSA) is 38.7 Å². The van der Waals surface area contributed by atoms with Crippen LogP contribution in [0.4, 0.5) is 0 Å². The molecule has 0 aliphatic rings. The first kappa shape index (κ1) is 23.2. The standard InChI is InChI=1S/C35H21N3S2/c1-2-9-22(10-3-1)23-17-19-24(20-18-23)33-37-32(31-27-13-4-6-15-29(27)39-35(31)38-33)25-11-8-12-26(21-25)34-36-28-14-5-7-16-30(28)40-34/h1-21H. The number of benzene rings is 5. The van der Waals surface area contributed by atoms with Gasteiger partial charge in [-0.1, -0.05) is 103 Å². The van der Waals surface area contributed by atoms with Crippen molar-refractivity contribution in [3.63, 3.8) is 0 Å². The lowest BCUT2D eigenvalue weighted by Gasteiger charge is -2.09. The molecule has 3 nitrogen and oxygen atoms in total. The number of aromatic nitrogens is 3. The van der Waals surface area contributed by atoms with Crippen LogP contribution in [-0.4, -0.2) is 15.0 Å². The van der Waals surface area contributed by atoms with E-state index < -0.39 is 0 Å². The molecular weight excluding hydrogens is 527 g/mol. The first-order valence-electron chi connectivity index (χ1n) is 13.1. The zero-order chi connectivity index (χ0) is 26.5. The highest BCUT2D eigenvalue weighted by Crippen LogP contribution is 2.40. The summed E-state index contributed by atoms with van der Waals surface area (Å²) in [7, 11) is 0. The molecule has 188 valence electrons. The van der Waals surface area contributed by atoms with E-state index in [0.717, 1.165) is 48.9 Å². The number of nitrogens with zero attached hydrogens (tertiary/aromatic N) is 3. The summed E-state index contributed by atoms with van der Waals surface area (Å²) in [5, 5.41) is 3.31. The summed E-state index contributed by atoms with van der Waals surface area (Å²) in [5.74, 6) is 0.735. The molecule has 0 atom stereocenters. The van der Waals surface area contributed by atoms with Gasteiger partial charge in [0.25, 0.3) is 0 Å². The van der Waals surface area contributed by atoms with Gasteiger partial charge in [-0.25, -0.2) is 15.0 Å². The summed E-state index contributed by atoms with van der Waals surface area (Å²) in [5.41, 5.74) is 7.52. The predicted molar refractivity (Wildman–Crippen MR) is 170 cm³/mol. The van der Waals surface area contributed by atoms with Gasteiger partial charge in [-0.05, 0) is 35.4 Å². The Labute approximate surface area is 239 Å². The highest BCUT2D eigenvalue weighted by atomic mass is 32.1. The summed E-state index contributed by atoms with van der Waals surface area (Å²) in [6.45, 7) is 0. The Kier molecular flexibility index (Phi) is 5.50. The van der Waals surface area contributed by atoms with Crippen LogP contribution in [-0.2, 0) is 0 Å². The van der Waals surface area contributed by atoms with Gasteiger partial charge in [-0.2, -0.15) is 0 Å². The van der Waals surface area contributed by atoms with Crippen LogP contribution in [0.2, 0.25) is 0 Å². The second-order valence-corrected chi connectivity index (χ2v) is 11.7. The summed E-state index contributed by atoms with van der Waals surface area (Å²) in [6, 6.07) is 44.4. The van der Waals surface area contributed by atoms with E-state index in [1.165, 1.54) is 25.9 Å². The Bertz CT molecular complexity index is 2130. The van der Waals surface area contributed by atoms with Crippen molar-refractivity contribution >= 4 is 53.2 Å². The fourth-order valence-electron chi connectivity index (χ4n) is 5.20. The second kappa shape index (κ2) is 9.49. The highest BCUT2D eigenvalue weighted by Gasteiger charge is 2.18. The lowest BCUT2D eigenvalue weighted by molar-refractivity contribution is 1.24. The van der Waals surface area contributed by atoms with E-state index in [0.29, 0.717) is 0 Å². The number of fused-ring (bicyclic) bond motifs is 4. The number of hydrogen-bond donors (Lipinski definition) is 0. The molecule has 0 fully saturated rings. The molecule has 0 bridgehead atoms. The first-order chi connectivity index (χ1) is 19.8. The lowest BCUT2D eigenvalue weighted by Crippen LogP contribution is -1.94. The molecule has 5 aromatic carbocycles. The predicted octanol–water partition coefficient (Wildman–Crippen LogP) is 10.1. The summed E-state index contributed by atoms with van der Waals surface area (Å²) >= 11 is 3.44. The Morgan fingerprint density at radius 3 is 1.98 bits per heavy atom. The Morgan fingerprint density at radius 2 is 1.12 bits per heavy atom. The van der Waals surface area contributed by atoms with Crippen molar-refractivity contribution in [1.82, 2.24) is 15.0 Å². The average molecular weight is 548 g/mol. The second-order valence-electron chi connectivity index (χ2n) is 9.69. The molecule has 3 heterocycles. The minimum Gasteiger partial charge on any atom is -0.236 e. The quantitative estimate of drug-likeness (QED) is 0.220. The summed E-state index contributed by atoms with van der Waals surface area (Å²) in [4.78, 5) is 16.2. The van der Waals surface area contributed by atoms with Crippen molar-refractivity contribution in [2.75, 3.05) is 0 Å². The van der Waals surface area contributed by atoms with Crippen LogP contribution in [0.3, 0.4) is 0 Å². The number of hydrogen-bond acceptors (Lipinski definition) is 5. The van der Waals surface area contributed by atoms with E-state index in [-0.39, 0.29) is 0 Å². The Balaban J connectivity index is 1.30. The highest BCUT2D eigenvalue weighted by molar-refractivity contribution is 7.25. The van der Waals surface area contributed by atoms with E-state index in [1.807, 2.05) is 12.1 Å². The smallest absolute Gasteiger partial charge is 0.161 e. The normalized spacial score (nSPS) is 11.5. The SMILES string of the molecule is c1ccc(-c2ccc(-c3nc(-c4cccc(-c5nc6ccccc6s5)c4)c4c(n3)sc3ccccc34)cc2)cc1. The minimum absolute atomic E-state index is 0.735. The molecular formula is C35H21N3S2. The van der Waals surface area contributed by atoms with Crippen LogP contribution in [0.15, 0.2) is 127 Å². The van der Waals surface area contributed by atoms with Gasteiger partial charge in [0.2, 0.25) is 0 Å². The third kappa shape index (κ3) is 3.99. The maximum Gasteiger partial charge on any atom is 0.161 e. The molecule has 0 unspecified atom stereocenters. The van der Waals surface area contributed by atoms with Crippen molar-refractivity contribution in [2.24, 2.45) is 0 Å². The van der Waals surface area contributed by atoms with E-state index in [9.17, 15) is 0 Å². The van der Waals surface area contributed by atoms with Crippen LogP contribution in [0.1, 0.15) is 0 Å². The molecule has 0 saturated heterocycles. The van der Waals surface area contributed by atoms with E-state index >= 15 is 0 Å². The van der Waals surface area contributed by atoms with Gasteiger partial charge in [0.15, 0.2) is 5.82 Å². The third-order valence-electron chi connectivity index (χ3n) is 7.17. The molecule has 8 rings (SSSR count). The van der Waals surface area contributed by atoms with Gasteiger partial charge in [-0.3, -0.25) is 0 Å². The molecule has 3 aromatic heterocycles. The van der Waals surface area contributed by atoms with Crippen LogP contribution >= 0.6 is 22.7 Å². The monoisotopic (exact) mass is 547 g/mol. The maximum absolute atomic E-state index is 5.22. The van der Waals surface area contributed by atoms with Crippen LogP contribution in [0.5, 0.6) is 0 Å². The van der Waals surface area contributed by atoms with E-state index in [1.54, 1.807) is 22.7 Å². The lowest BCUT2D eigenvalue weighted by atomic mass is 10.0. The van der Waals surface area contributed by atoms with Crippen molar-refractivity contribution in [1.29, 1.82) is 0 Å². The van der Waals surface area contributed by atoms with E-state index in [4.69, 9.17) is 15.0 Å². The minimum atomic E-state index is 0.735. The zero-order valence-electron chi connectivity index (χ0n) is 21.3. The van der Waals surface area contributed by atoms with Crippen LogP contribution < -0.4 is 0 Å². The maximum atomic E-state index is 5.22. The molecule has 0 aliphatic heterocycles. The number of para-hydroxylation sites is 1.